The highest BCUT2D eigenvalue weighted by Crippen LogP contribution is 2.22. The topological polar surface area (TPSA) is 67.4 Å². The van der Waals surface area contributed by atoms with Crippen LogP contribution in [0.4, 0.5) is 0 Å². The molecule has 1 atom stereocenters. The maximum Gasteiger partial charge on any atom is 0.222 e. The predicted octanol–water partition coefficient (Wildman–Crippen LogP) is 3.56. The Bertz CT molecular complexity index is 714. The quantitative estimate of drug-likeness (QED) is 0.705. The normalized spacial score (nSPS) is 12.0. The lowest BCUT2D eigenvalue weighted by molar-refractivity contribution is -0.122. The first kappa shape index (κ1) is 20.1. The fraction of sp³-hybridized carbons (Fsp3) is 0.400. The Morgan fingerprint density at radius 2 is 1.92 bits per heavy atom. The Morgan fingerprint density at radius 1 is 1.15 bits per heavy atom. The van der Waals surface area contributed by atoms with Gasteiger partial charge in [0.1, 0.15) is 0 Å². The van der Waals surface area contributed by atoms with E-state index in [-0.39, 0.29) is 30.4 Å². The third-order valence-corrected chi connectivity index (χ3v) is 4.70. The molecule has 0 aliphatic heterocycles. The van der Waals surface area contributed by atoms with Crippen molar-refractivity contribution in [2.24, 2.45) is 0 Å². The lowest BCUT2D eigenvalue weighted by atomic mass is 10.1. The van der Waals surface area contributed by atoms with Gasteiger partial charge in [-0.1, -0.05) is 30.3 Å². The van der Waals surface area contributed by atoms with Crippen LogP contribution in [0.1, 0.15) is 49.2 Å². The van der Waals surface area contributed by atoms with Crippen LogP contribution < -0.4 is 10.6 Å². The number of nitrogens with one attached hydrogen (secondary N) is 2. The minimum Gasteiger partial charge on any atom is -0.374 e. The molecule has 2 N–H and O–H groups in total. The highest BCUT2D eigenvalue weighted by atomic mass is 32.1. The zero-order valence-electron chi connectivity index (χ0n) is 15.5. The van der Waals surface area contributed by atoms with Crippen LogP contribution in [-0.2, 0) is 27.5 Å². The van der Waals surface area contributed by atoms with Crippen molar-refractivity contribution in [1.29, 1.82) is 0 Å². The first-order chi connectivity index (χ1) is 12.4. The van der Waals surface area contributed by atoms with E-state index in [4.69, 9.17) is 4.74 Å². The Balaban J connectivity index is 1.89. The summed E-state index contributed by atoms with van der Waals surface area (Å²) in [6.45, 7) is 6.48. The van der Waals surface area contributed by atoms with Gasteiger partial charge in [-0.15, -0.1) is 11.3 Å². The van der Waals surface area contributed by atoms with E-state index in [0.29, 0.717) is 13.2 Å². The number of hydrogen-bond acceptors (Lipinski definition) is 4. The van der Waals surface area contributed by atoms with Gasteiger partial charge in [0.15, 0.2) is 0 Å². The molecular weight excluding hydrogens is 348 g/mol. The van der Waals surface area contributed by atoms with Crippen LogP contribution in [0.5, 0.6) is 0 Å². The van der Waals surface area contributed by atoms with Gasteiger partial charge in [0.2, 0.25) is 11.8 Å². The number of ether oxygens (including phenoxy) is 1. The van der Waals surface area contributed by atoms with Gasteiger partial charge in [0, 0.05) is 18.3 Å². The van der Waals surface area contributed by atoms with E-state index in [0.717, 1.165) is 16.0 Å². The van der Waals surface area contributed by atoms with Crippen LogP contribution in [0.3, 0.4) is 0 Å². The zero-order valence-corrected chi connectivity index (χ0v) is 16.3. The van der Waals surface area contributed by atoms with Crippen LogP contribution in [0.2, 0.25) is 0 Å². The highest BCUT2D eigenvalue weighted by molar-refractivity contribution is 7.10. The largest absolute Gasteiger partial charge is 0.374 e. The molecule has 0 aliphatic rings. The van der Waals surface area contributed by atoms with Gasteiger partial charge < -0.3 is 15.4 Å². The summed E-state index contributed by atoms with van der Waals surface area (Å²) in [5.41, 5.74) is 2.11. The number of carbonyl (C=O) groups is 2. The highest BCUT2D eigenvalue weighted by Gasteiger charge is 2.17. The molecule has 0 fully saturated rings. The molecule has 1 unspecified atom stereocenters. The van der Waals surface area contributed by atoms with Crippen LogP contribution in [0, 0.1) is 0 Å². The van der Waals surface area contributed by atoms with Gasteiger partial charge >= 0.3 is 0 Å². The second-order valence-corrected chi connectivity index (χ2v) is 7.41. The number of rotatable bonds is 9. The van der Waals surface area contributed by atoms with Gasteiger partial charge in [-0.3, -0.25) is 9.59 Å². The Hall–Kier alpha value is -2.18. The molecule has 1 aromatic carbocycles. The molecule has 2 rings (SSSR count). The minimum absolute atomic E-state index is 0.0963. The number of amides is 2. The molecule has 0 saturated heterocycles. The van der Waals surface area contributed by atoms with E-state index in [1.807, 2.05) is 55.6 Å². The van der Waals surface area contributed by atoms with Crippen molar-refractivity contribution in [2.75, 3.05) is 0 Å². The molecule has 6 heteroatoms. The second-order valence-electron chi connectivity index (χ2n) is 6.43. The zero-order chi connectivity index (χ0) is 18.9. The van der Waals surface area contributed by atoms with E-state index in [1.54, 1.807) is 0 Å². The molecule has 26 heavy (non-hydrogen) atoms. The Labute approximate surface area is 158 Å². The van der Waals surface area contributed by atoms with Crippen molar-refractivity contribution < 1.29 is 14.3 Å². The lowest BCUT2D eigenvalue weighted by Gasteiger charge is -2.16. The molecule has 0 saturated carbocycles. The average molecular weight is 375 g/mol. The first-order valence-electron chi connectivity index (χ1n) is 8.70. The molecule has 0 bridgehead atoms. The van der Waals surface area contributed by atoms with E-state index >= 15 is 0 Å². The standard InChI is InChI=1S/C20H26N2O3S/c1-14(2)25-13-17-7-4-6-16(10-17)12-21-20(24)11-18(22-15(3)23)19-8-5-9-26-19/h4-10,14,18H,11-13H2,1-3H3,(H,21,24)(H,22,23). The molecule has 1 heterocycles. The summed E-state index contributed by atoms with van der Waals surface area (Å²) in [6, 6.07) is 11.5. The van der Waals surface area contributed by atoms with E-state index in [1.165, 1.54) is 18.3 Å². The van der Waals surface area contributed by atoms with Gasteiger partial charge in [-0.25, -0.2) is 0 Å². The van der Waals surface area contributed by atoms with Crippen molar-refractivity contribution in [3.63, 3.8) is 0 Å². The van der Waals surface area contributed by atoms with Gasteiger partial charge in [0.05, 0.1) is 25.2 Å². The number of benzene rings is 1. The summed E-state index contributed by atoms with van der Waals surface area (Å²) in [4.78, 5) is 24.7. The third kappa shape index (κ3) is 6.98. The summed E-state index contributed by atoms with van der Waals surface area (Å²) in [5.74, 6) is -0.241. The van der Waals surface area contributed by atoms with Crippen LogP contribution in [-0.4, -0.2) is 17.9 Å². The average Bonchev–Trinajstić information content (AvgIpc) is 3.12. The smallest absolute Gasteiger partial charge is 0.222 e. The van der Waals surface area contributed by atoms with Gasteiger partial charge in [-0.2, -0.15) is 0 Å². The van der Waals surface area contributed by atoms with Crippen molar-refractivity contribution in [3.8, 4) is 0 Å². The SMILES string of the molecule is CC(=O)NC(CC(=O)NCc1cccc(COC(C)C)c1)c1cccs1. The number of thiophene rings is 1. The van der Waals surface area contributed by atoms with Gasteiger partial charge in [0.25, 0.3) is 0 Å². The molecule has 0 aliphatic carbocycles. The third-order valence-electron chi connectivity index (χ3n) is 3.72. The summed E-state index contributed by atoms with van der Waals surface area (Å²) < 4.78 is 5.61. The molecule has 2 amide bonds. The first-order valence-corrected chi connectivity index (χ1v) is 9.58. The summed E-state index contributed by atoms with van der Waals surface area (Å²) in [7, 11) is 0. The summed E-state index contributed by atoms with van der Waals surface area (Å²) in [5, 5.41) is 7.71. The van der Waals surface area contributed by atoms with Crippen LogP contribution in [0.25, 0.3) is 0 Å². The number of carbonyl (C=O) groups excluding carboxylic acids is 2. The molecular formula is C20H26N2O3S. The van der Waals surface area contributed by atoms with Gasteiger partial charge in [-0.05, 0) is 36.4 Å². The molecule has 0 spiro atoms. The molecule has 2 aromatic rings. The second kappa shape index (κ2) is 10.1. The van der Waals surface area contributed by atoms with E-state index in [9.17, 15) is 9.59 Å². The maximum absolute atomic E-state index is 12.3. The lowest BCUT2D eigenvalue weighted by Crippen LogP contribution is -2.32. The maximum atomic E-state index is 12.3. The van der Waals surface area contributed by atoms with Crippen molar-refractivity contribution >= 4 is 23.2 Å². The van der Waals surface area contributed by atoms with Crippen LogP contribution in [0.15, 0.2) is 41.8 Å². The van der Waals surface area contributed by atoms with Crippen molar-refractivity contribution in [2.45, 2.75) is 52.5 Å². The molecule has 140 valence electrons. The number of hydrogen-bond donors (Lipinski definition) is 2. The molecule has 0 radical (unpaired) electrons. The molecule has 5 nitrogen and oxygen atoms in total. The van der Waals surface area contributed by atoms with E-state index in [2.05, 4.69) is 10.6 Å². The van der Waals surface area contributed by atoms with Crippen LogP contribution >= 0.6 is 11.3 Å². The van der Waals surface area contributed by atoms with Crippen molar-refractivity contribution in [1.82, 2.24) is 10.6 Å². The minimum atomic E-state index is -0.293. The van der Waals surface area contributed by atoms with E-state index < -0.39 is 0 Å². The fourth-order valence-corrected chi connectivity index (χ4v) is 3.29. The fourth-order valence-electron chi connectivity index (χ4n) is 2.51. The van der Waals surface area contributed by atoms with Crippen molar-refractivity contribution in [3.05, 3.63) is 57.8 Å². The Kier molecular flexibility index (Phi) is 7.81. The summed E-state index contributed by atoms with van der Waals surface area (Å²) in [6.07, 6.45) is 0.400. The Morgan fingerprint density at radius 3 is 2.58 bits per heavy atom. The predicted molar refractivity (Wildman–Crippen MR) is 104 cm³/mol. The molecule has 1 aromatic heterocycles. The monoisotopic (exact) mass is 374 g/mol. The summed E-state index contributed by atoms with van der Waals surface area (Å²) >= 11 is 1.53.